The topological polar surface area (TPSA) is 57.4 Å². The second-order valence-corrected chi connectivity index (χ2v) is 4.81. The van der Waals surface area contributed by atoms with Crippen molar-refractivity contribution in [3.8, 4) is 11.6 Å². The number of benzene rings is 1. The van der Waals surface area contributed by atoms with Crippen LogP contribution in [-0.4, -0.2) is 25.2 Å². The molecule has 2 N–H and O–H groups in total. The van der Waals surface area contributed by atoms with E-state index in [0.29, 0.717) is 24.3 Å². The lowest BCUT2D eigenvalue weighted by Gasteiger charge is -2.13. The summed E-state index contributed by atoms with van der Waals surface area (Å²) in [7, 11) is 3.02. The Morgan fingerprint density at radius 1 is 1.14 bits per heavy atom. The molecule has 1 aromatic carbocycles. The predicted octanol–water partition coefficient (Wildman–Crippen LogP) is 2.35. The molecule has 112 valence electrons. The van der Waals surface area contributed by atoms with Crippen molar-refractivity contribution in [2.45, 2.75) is 18.9 Å². The molecule has 0 aliphatic heterocycles. The van der Waals surface area contributed by atoms with E-state index in [1.54, 1.807) is 37.6 Å². The van der Waals surface area contributed by atoms with Gasteiger partial charge in [0.15, 0.2) is 11.6 Å². The average Bonchev–Trinajstić information content (AvgIpc) is 2.50. The minimum atomic E-state index is -0.344. The van der Waals surface area contributed by atoms with Crippen molar-refractivity contribution in [3.63, 3.8) is 0 Å². The van der Waals surface area contributed by atoms with Crippen LogP contribution < -0.4 is 15.2 Å². The molecular weight excluding hydrogens is 271 g/mol. The smallest absolute Gasteiger partial charge is 0.212 e. The number of ether oxygens (including phenoxy) is 2. The first-order valence-electron chi connectivity index (χ1n) is 6.70. The third-order valence-electron chi connectivity index (χ3n) is 3.25. The highest BCUT2D eigenvalue weighted by atomic mass is 19.1. The Morgan fingerprint density at radius 2 is 1.95 bits per heavy atom. The number of nitrogens with zero attached hydrogens (tertiary/aromatic N) is 1. The molecular formula is C16H19FN2O2. The minimum absolute atomic E-state index is 0.193. The van der Waals surface area contributed by atoms with E-state index in [4.69, 9.17) is 15.2 Å². The third kappa shape index (κ3) is 3.92. The van der Waals surface area contributed by atoms with Crippen LogP contribution in [0, 0.1) is 5.82 Å². The van der Waals surface area contributed by atoms with Crippen LogP contribution in [0.3, 0.4) is 0 Å². The standard InChI is InChI=1S/C16H19FN2O2/c1-20-14-5-3-4-12(16(14)17)9-13(18)8-11-6-7-15(21-2)19-10-11/h3-7,10,13H,8-9,18H2,1-2H3. The quantitative estimate of drug-likeness (QED) is 0.887. The molecule has 0 spiro atoms. The summed E-state index contributed by atoms with van der Waals surface area (Å²) in [5.41, 5.74) is 7.65. The second-order valence-electron chi connectivity index (χ2n) is 4.81. The molecule has 1 unspecified atom stereocenters. The molecule has 2 aromatic rings. The highest BCUT2D eigenvalue weighted by Gasteiger charge is 2.12. The summed E-state index contributed by atoms with van der Waals surface area (Å²) in [4.78, 5) is 4.13. The molecule has 0 bridgehead atoms. The largest absolute Gasteiger partial charge is 0.494 e. The van der Waals surface area contributed by atoms with E-state index in [9.17, 15) is 4.39 Å². The lowest BCUT2D eigenvalue weighted by molar-refractivity contribution is 0.383. The molecule has 1 atom stereocenters. The van der Waals surface area contributed by atoms with Crippen molar-refractivity contribution < 1.29 is 13.9 Å². The molecule has 0 radical (unpaired) electrons. The summed E-state index contributed by atoms with van der Waals surface area (Å²) in [5, 5.41) is 0. The number of aromatic nitrogens is 1. The number of hydrogen-bond acceptors (Lipinski definition) is 4. The number of nitrogens with two attached hydrogens (primary N) is 1. The molecule has 0 saturated carbocycles. The number of halogens is 1. The fourth-order valence-corrected chi connectivity index (χ4v) is 2.18. The van der Waals surface area contributed by atoms with Crippen LogP contribution in [0.1, 0.15) is 11.1 Å². The van der Waals surface area contributed by atoms with Crippen LogP contribution in [0.4, 0.5) is 4.39 Å². The number of hydrogen-bond donors (Lipinski definition) is 1. The van der Waals surface area contributed by atoms with Gasteiger partial charge in [-0.15, -0.1) is 0 Å². The van der Waals surface area contributed by atoms with Crippen LogP contribution in [0.2, 0.25) is 0 Å². The van der Waals surface area contributed by atoms with E-state index >= 15 is 0 Å². The van der Waals surface area contributed by atoms with Crippen molar-refractivity contribution >= 4 is 0 Å². The molecule has 4 nitrogen and oxygen atoms in total. The summed E-state index contributed by atoms with van der Waals surface area (Å²) in [6.07, 6.45) is 2.78. The maximum atomic E-state index is 14.1. The summed E-state index contributed by atoms with van der Waals surface area (Å²) in [6, 6.07) is 8.59. The molecule has 1 heterocycles. The average molecular weight is 290 g/mol. The van der Waals surface area contributed by atoms with Crippen LogP contribution in [0.25, 0.3) is 0 Å². The van der Waals surface area contributed by atoms with Gasteiger partial charge in [-0.2, -0.15) is 0 Å². The van der Waals surface area contributed by atoms with Crippen molar-refractivity contribution in [2.24, 2.45) is 5.73 Å². The number of rotatable bonds is 6. The number of methoxy groups -OCH3 is 2. The molecule has 5 heteroatoms. The molecule has 0 saturated heterocycles. The maximum absolute atomic E-state index is 14.1. The van der Waals surface area contributed by atoms with Gasteiger partial charge in [0.25, 0.3) is 0 Å². The first-order valence-corrected chi connectivity index (χ1v) is 6.70. The Balaban J connectivity index is 2.02. The lowest BCUT2D eigenvalue weighted by Crippen LogP contribution is -2.26. The van der Waals surface area contributed by atoms with Crippen LogP contribution in [0.15, 0.2) is 36.5 Å². The van der Waals surface area contributed by atoms with E-state index in [1.807, 2.05) is 6.07 Å². The third-order valence-corrected chi connectivity index (χ3v) is 3.25. The summed E-state index contributed by atoms with van der Waals surface area (Å²) in [6.45, 7) is 0. The molecule has 0 fully saturated rings. The van der Waals surface area contributed by atoms with E-state index in [-0.39, 0.29) is 17.6 Å². The molecule has 21 heavy (non-hydrogen) atoms. The first kappa shape index (κ1) is 15.3. The van der Waals surface area contributed by atoms with Gasteiger partial charge in [-0.25, -0.2) is 9.37 Å². The Morgan fingerprint density at radius 3 is 2.57 bits per heavy atom. The highest BCUT2D eigenvalue weighted by molar-refractivity contribution is 5.31. The summed E-state index contributed by atoms with van der Waals surface area (Å²) >= 11 is 0. The molecule has 0 aliphatic carbocycles. The summed E-state index contributed by atoms with van der Waals surface area (Å²) in [5.74, 6) is 0.459. The zero-order valence-electron chi connectivity index (χ0n) is 12.2. The van der Waals surface area contributed by atoms with Crippen LogP contribution >= 0.6 is 0 Å². The second kappa shape index (κ2) is 7.04. The van der Waals surface area contributed by atoms with E-state index in [1.165, 1.54) is 7.11 Å². The van der Waals surface area contributed by atoms with Gasteiger partial charge >= 0.3 is 0 Å². The van der Waals surface area contributed by atoms with Gasteiger partial charge in [-0.05, 0) is 30.0 Å². The zero-order chi connectivity index (χ0) is 15.2. The van der Waals surface area contributed by atoms with Crippen LogP contribution in [0.5, 0.6) is 11.6 Å². The molecule has 1 aromatic heterocycles. The van der Waals surface area contributed by atoms with E-state index in [0.717, 1.165) is 5.56 Å². The Kier molecular flexibility index (Phi) is 5.11. The zero-order valence-corrected chi connectivity index (χ0v) is 12.2. The van der Waals surface area contributed by atoms with Gasteiger partial charge in [0.1, 0.15) is 0 Å². The van der Waals surface area contributed by atoms with Crippen LogP contribution in [-0.2, 0) is 12.8 Å². The normalized spacial score (nSPS) is 12.0. The predicted molar refractivity (Wildman–Crippen MR) is 79.1 cm³/mol. The van der Waals surface area contributed by atoms with Gasteiger partial charge in [-0.3, -0.25) is 0 Å². The van der Waals surface area contributed by atoms with Crippen molar-refractivity contribution in [1.29, 1.82) is 0 Å². The Hall–Kier alpha value is -2.14. The minimum Gasteiger partial charge on any atom is -0.494 e. The summed E-state index contributed by atoms with van der Waals surface area (Å²) < 4.78 is 24.0. The Labute approximate surface area is 123 Å². The van der Waals surface area contributed by atoms with Gasteiger partial charge < -0.3 is 15.2 Å². The van der Waals surface area contributed by atoms with E-state index in [2.05, 4.69) is 4.98 Å². The van der Waals surface area contributed by atoms with Gasteiger partial charge in [-0.1, -0.05) is 18.2 Å². The van der Waals surface area contributed by atoms with Crippen molar-refractivity contribution in [3.05, 3.63) is 53.5 Å². The highest BCUT2D eigenvalue weighted by Crippen LogP contribution is 2.21. The number of pyridine rings is 1. The first-order chi connectivity index (χ1) is 10.1. The van der Waals surface area contributed by atoms with Gasteiger partial charge in [0, 0.05) is 18.3 Å². The molecule has 2 rings (SSSR count). The fourth-order valence-electron chi connectivity index (χ4n) is 2.18. The SMILES string of the molecule is COc1ccc(CC(N)Cc2cccc(OC)c2F)cn1. The van der Waals surface area contributed by atoms with Crippen molar-refractivity contribution in [1.82, 2.24) is 4.98 Å². The van der Waals surface area contributed by atoms with Gasteiger partial charge in [0.2, 0.25) is 5.88 Å². The Bertz CT molecular complexity index is 587. The lowest BCUT2D eigenvalue weighted by atomic mass is 10.00. The van der Waals surface area contributed by atoms with Gasteiger partial charge in [0.05, 0.1) is 14.2 Å². The molecule has 0 amide bonds. The monoisotopic (exact) mass is 290 g/mol. The van der Waals surface area contributed by atoms with Crippen molar-refractivity contribution in [2.75, 3.05) is 14.2 Å². The van der Waals surface area contributed by atoms with E-state index < -0.39 is 0 Å². The fraction of sp³-hybridized carbons (Fsp3) is 0.312. The maximum Gasteiger partial charge on any atom is 0.212 e. The molecule has 0 aliphatic rings.